The van der Waals surface area contributed by atoms with Crippen LogP contribution in [0.5, 0.6) is 0 Å². The summed E-state index contributed by atoms with van der Waals surface area (Å²) in [7, 11) is 0. The summed E-state index contributed by atoms with van der Waals surface area (Å²) in [6.45, 7) is 0. The average molecular weight is 815 g/mol. The molecule has 0 fully saturated rings. The molecular formula is C62H42N2. The van der Waals surface area contributed by atoms with Gasteiger partial charge in [0.2, 0.25) is 0 Å². The molecule has 1 heterocycles. The molecule has 2 heteroatoms. The lowest BCUT2D eigenvalue weighted by Crippen LogP contribution is -2.11. The van der Waals surface area contributed by atoms with E-state index >= 15 is 0 Å². The quantitative estimate of drug-likeness (QED) is 0.148. The van der Waals surface area contributed by atoms with Crippen LogP contribution in [-0.4, -0.2) is 4.57 Å². The Bertz CT molecular complexity index is 3610. The highest BCUT2D eigenvalue weighted by atomic mass is 15.1. The summed E-state index contributed by atoms with van der Waals surface area (Å²) in [5, 5.41) is 7.51. The molecule has 0 spiro atoms. The molecule has 0 aliphatic rings. The minimum Gasteiger partial charge on any atom is -0.310 e. The topological polar surface area (TPSA) is 8.17 Å². The first kappa shape index (κ1) is 37.3. The summed E-state index contributed by atoms with van der Waals surface area (Å²) in [5.41, 5.74) is 16.3. The van der Waals surface area contributed by atoms with E-state index < -0.39 is 0 Å². The van der Waals surface area contributed by atoms with Crippen molar-refractivity contribution in [2.24, 2.45) is 0 Å². The zero-order valence-electron chi connectivity index (χ0n) is 35.1. The lowest BCUT2D eigenvalue weighted by Gasteiger charge is -2.28. The summed E-state index contributed by atoms with van der Waals surface area (Å²) >= 11 is 0. The van der Waals surface area contributed by atoms with Crippen molar-refractivity contribution in [3.05, 3.63) is 255 Å². The van der Waals surface area contributed by atoms with Crippen LogP contribution in [0.3, 0.4) is 0 Å². The Morgan fingerprint density at radius 2 is 0.734 bits per heavy atom. The third-order valence-corrected chi connectivity index (χ3v) is 12.8. The van der Waals surface area contributed by atoms with Crippen molar-refractivity contribution in [1.82, 2.24) is 4.57 Å². The molecule has 12 rings (SSSR count). The molecule has 12 aromatic rings. The van der Waals surface area contributed by atoms with Gasteiger partial charge in [-0.25, -0.2) is 0 Å². The molecule has 0 saturated carbocycles. The highest BCUT2D eigenvalue weighted by Crippen LogP contribution is 2.44. The van der Waals surface area contributed by atoms with Gasteiger partial charge in [-0.1, -0.05) is 194 Å². The van der Waals surface area contributed by atoms with Gasteiger partial charge in [0.05, 0.1) is 16.7 Å². The van der Waals surface area contributed by atoms with Crippen LogP contribution in [0.2, 0.25) is 0 Å². The summed E-state index contributed by atoms with van der Waals surface area (Å²) in [6.07, 6.45) is 0. The number of hydrogen-bond donors (Lipinski definition) is 0. The first-order valence-electron chi connectivity index (χ1n) is 22.0. The second-order valence-corrected chi connectivity index (χ2v) is 16.5. The van der Waals surface area contributed by atoms with Crippen molar-refractivity contribution in [3.8, 4) is 50.2 Å². The third-order valence-electron chi connectivity index (χ3n) is 12.8. The average Bonchev–Trinajstić information content (AvgIpc) is 3.71. The van der Waals surface area contributed by atoms with Crippen molar-refractivity contribution < 1.29 is 0 Å². The van der Waals surface area contributed by atoms with Gasteiger partial charge in [0, 0.05) is 33.4 Å². The molecule has 2 nitrogen and oxygen atoms in total. The lowest BCUT2D eigenvalue weighted by molar-refractivity contribution is 1.18. The Kier molecular flexibility index (Phi) is 9.20. The van der Waals surface area contributed by atoms with Crippen molar-refractivity contribution in [2.75, 3.05) is 4.90 Å². The van der Waals surface area contributed by atoms with Gasteiger partial charge in [-0.05, 0) is 121 Å². The van der Waals surface area contributed by atoms with E-state index in [1.54, 1.807) is 0 Å². The van der Waals surface area contributed by atoms with Crippen molar-refractivity contribution in [3.63, 3.8) is 0 Å². The molecular weight excluding hydrogens is 773 g/mol. The molecule has 0 amide bonds. The van der Waals surface area contributed by atoms with E-state index in [2.05, 4.69) is 264 Å². The smallest absolute Gasteiger partial charge is 0.0541 e. The highest BCUT2D eigenvalue weighted by Gasteiger charge is 2.19. The molecule has 0 radical (unpaired) electrons. The summed E-state index contributed by atoms with van der Waals surface area (Å²) in [6, 6.07) is 92.7. The molecule has 0 aliphatic carbocycles. The predicted molar refractivity (Wildman–Crippen MR) is 272 cm³/mol. The van der Waals surface area contributed by atoms with Crippen molar-refractivity contribution >= 4 is 60.4 Å². The maximum Gasteiger partial charge on any atom is 0.0541 e. The van der Waals surface area contributed by atoms with Gasteiger partial charge in [-0.15, -0.1) is 0 Å². The van der Waals surface area contributed by atoms with Crippen LogP contribution in [-0.2, 0) is 0 Å². The van der Waals surface area contributed by atoms with E-state index in [9.17, 15) is 0 Å². The van der Waals surface area contributed by atoms with Gasteiger partial charge in [0.1, 0.15) is 0 Å². The molecule has 0 bridgehead atoms. The molecule has 11 aromatic carbocycles. The number of benzene rings is 11. The van der Waals surface area contributed by atoms with Gasteiger partial charge < -0.3 is 9.47 Å². The number of para-hydroxylation sites is 3. The molecule has 1 aromatic heterocycles. The standard InChI is InChI=1S/C62H42N2/c1-3-23-53-44(15-1)17-13-28-55(53)48-20-11-19-47(41-48)43-33-37-50(38-34-43)63(52-22-12-21-49(42-52)56-29-14-18-45-16-2-4-24-54(45)56)60-30-8-5-25-57(60)46-35-39-51(40-36-46)64-61-31-9-6-26-58(61)59-27-7-10-32-62(59)64/h1-42H. The number of anilines is 3. The zero-order valence-corrected chi connectivity index (χ0v) is 35.1. The molecule has 0 saturated heterocycles. The van der Waals surface area contributed by atoms with Gasteiger partial charge in [0.15, 0.2) is 0 Å². The van der Waals surface area contributed by atoms with E-state index in [-0.39, 0.29) is 0 Å². The predicted octanol–water partition coefficient (Wildman–Crippen LogP) is 17.2. The fourth-order valence-corrected chi connectivity index (χ4v) is 9.77. The molecule has 0 unspecified atom stereocenters. The maximum absolute atomic E-state index is 2.42. The first-order chi connectivity index (χ1) is 31.7. The Morgan fingerprint density at radius 3 is 1.39 bits per heavy atom. The van der Waals surface area contributed by atoms with Crippen LogP contribution in [0.25, 0.3) is 93.5 Å². The minimum absolute atomic E-state index is 1.08. The number of hydrogen-bond acceptors (Lipinski definition) is 1. The number of rotatable bonds is 8. The minimum atomic E-state index is 1.08. The summed E-state index contributed by atoms with van der Waals surface area (Å²) < 4.78 is 2.38. The SMILES string of the molecule is c1cc(-c2ccc(N(c3cccc(-c4cccc5ccccc45)c3)c3ccccc3-c3ccc(-n4c5ccccc5c5ccccc54)cc3)cc2)cc(-c2cccc3ccccc23)c1. The van der Waals surface area contributed by atoms with Crippen LogP contribution in [0, 0.1) is 0 Å². The fourth-order valence-electron chi connectivity index (χ4n) is 9.77. The molecule has 300 valence electrons. The van der Waals surface area contributed by atoms with E-state index in [4.69, 9.17) is 0 Å². The van der Waals surface area contributed by atoms with Crippen molar-refractivity contribution in [2.45, 2.75) is 0 Å². The maximum atomic E-state index is 2.42. The molecule has 64 heavy (non-hydrogen) atoms. The van der Waals surface area contributed by atoms with E-state index in [0.717, 1.165) is 33.9 Å². The highest BCUT2D eigenvalue weighted by molar-refractivity contribution is 6.09. The molecule has 0 atom stereocenters. The van der Waals surface area contributed by atoms with Crippen LogP contribution in [0.4, 0.5) is 17.1 Å². The van der Waals surface area contributed by atoms with E-state index in [1.807, 2.05) is 0 Å². The van der Waals surface area contributed by atoms with Crippen LogP contribution in [0.1, 0.15) is 0 Å². The number of fused-ring (bicyclic) bond motifs is 5. The van der Waals surface area contributed by atoms with Crippen LogP contribution < -0.4 is 4.90 Å². The Balaban J connectivity index is 0.972. The van der Waals surface area contributed by atoms with Gasteiger partial charge in [0.25, 0.3) is 0 Å². The normalized spacial score (nSPS) is 11.4. The summed E-state index contributed by atoms with van der Waals surface area (Å²) in [4.78, 5) is 2.42. The number of aromatic nitrogens is 1. The Labute approximate surface area is 373 Å². The zero-order chi connectivity index (χ0) is 42.4. The second kappa shape index (κ2) is 15.8. The monoisotopic (exact) mass is 814 g/mol. The van der Waals surface area contributed by atoms with Crippen LogP contribution >= 0.6 is 0 Å². The molecule has 0 aliphatic heterocycles. The van der Waals surface area contributed by atoms with Crippen LogP contribution in [0.15, 0.2) is 255 Å². The van der Waals surface area contributed by atoms with Crippen molar-refractivity contribution in [1.29, 1.82) is 0 Å². The van der Waals surface area contributed by atoms with Gasteiger partial charge in [-0.3, -0.25) is 0 Å². The number of nitrogens with zero attached hydrogens (tertiary/aromatic N) is 2. The second-order valence-electron chi connectivity index (χ2n) is 16.5. The first-order valence-corrected chi connectivity index (χ1v) is 22.0. The van der Waals surface area contributed by atoms with E-state index in [1.165, 1.54) is 76.7 Å². The largest absolute Gasteiger partial charge is 0.310 e. The van der Waals surface area contributed by atoms with Gasteiger partial charge in [-0.2, -0.15) is 0 Å². The van der Waals surface area contributed by atoms with E-state index in [0.29, 0.717) is 0 Å². The lowest BCUT2D eigenvalue weighted by atomic mass is 9.95. The van der Waals surface area contributed by atoms with Gasteiger partial charge >= 0.3 is 0 Å². The summed E-state index contributed by atoms with van der Waals surface area (Å²) in [5.74, 6) is 0. The molecule has 0 N–H and O–H groups in total. The third kappa shape index (κ3) is 6.52. The Morgan fingerprint density at radius 1 is 0.266 bits per heavy atom. The fraction of sp³-hybridized carbons (Fsp3) is 0. The Hall–Kier alpha value is -8.46.